The van der Waals surface area contributed by atoms with Gasteiger partial charge in [-0.1, -0.05) is 6.92 Å². The molecule has 1 heterocycles. The Balaban J connectivity index is 2.14. The first-order valence-electron chi connectivity index (χ1n) is 2.96. The van der Waals surface area contributed by atoms with Gasteiger partial charge in [0.1, 0.15) is 0 Å². The molecule has 0 aromatic carbocycles. The summed E-state index contributed by atoms with van der Waals surface area (Å²) in [6.45, 7) is 5.01. The highest BCUT2D eigenvalue weighted by atomic mass is 14.9. The summed E-state index contributed by atoms with van der Waals surface area (Å²) in [6.07, 6.45) is 3.74. The fourth-order valence-corrected chi connectivity index (χ4v) is 1.00. The van der Waals surface area contributed by atoms with E-state index in [-0.39, 0.29) is 0 Å². The number of hydrogen-bond acceptors (Lipinski definition) is 1. The first-order valence-corrected chi connectivity index (χ1v) is 2.96. The zero-order valence-electron chi connectivity index (χ0n) is 4.61. The van der Waals surface area contributed by atoms with Gasteiger partial charge in [-0.05, 0) is 25.8 Å². The topological polar surface area (TPSA) is 12.0 Å². The molecule has 0 spiro atoms. The second-order valence-electron chi connectivity index (χ2n) is 2.08. The molecule has 0 bridgehead atoms. The van der Waals surface area contributed by atoms with Crippen LogP contribution in [0.25, 0.3) is 0 Å². The lowest BCUT2D eigenvalue weighted by molar-refractivity contribution is 0.613. The van der Waals surface area contributed by atoms with E-state index in [1.54, 1.807) is 0 Å². The quantitative estimate of drug-likeness (QED) is 0.515. The summed E-state index contributed by atoms with van der Waals surface area (Å²) in [4.78, 5) is 0. The fraction of sp³-hybridized carbons (Fsp3) is 0.833. The van der Waals surface area contributed by atoms with Gasteiger partial charge in [0, 0.05) is 6.04 Å². The Hall–Kier alpha value is -0.0400. The fourth-order valence-electron chi connectivity index (χ4n) is 1.00. The van der Waals surface area contributed by atoms with Crippen LogP contribution in [0.2, 0.25) is 0 Å². The van der Waals surface area contributed by atoms with Crippen molar-refractivity contribution in [3.05, 3.63) is 6.92 Å². The molecule has 1 radical (unpaired) electrons. The van der Waals surface area contributed by atoms with E-state index in [2.05, 4.69) is 12.2 Å². The SMILES string of the molecule is [CH2]CC1CCCN1. The molecule has 41 valence electrons. The molecule has 1 atom stereocenters. The van der Waals surface area contributed by atoms with Gasteiger partial charge in [-0.2, -0.15) is 0 Å². The molecule has 1 unspecified atom stereocenters. The molecule has 7 heavy (non-hydrogen) atoms. The molecule has 1 N–H and O–H groups in total. The lowest BCUT2D eigenvalue weighted by Crippen LogP contribution is -2.19. The number of nitrogens with one attached hydrogen (secondary N) is 1. The van der Waals surface area contributed by atoms with E-state index in [1.807, 2.05) is 0 Å². The second-order valence-corrected chi connectivity index (χ2v) is 2.08. The van der Waals surface area contributed by atoms with Gasteiger partial charge in [-0.15, -0.1) is 0 Å². The van der Waals surface area contributed by atoms with Gasteiger partial charge in [-0.3, -0.25) is 0 Å². The zero-order chi connectivity index (χ0) is 5.11. The Kier molecular flexibility index (Phi) is 1.69. The van der Waals surface area contributed by atoms with Crippen molar-refractivity contribution < 1.29 is 0 Å². The van der Waals surface area contributed by atoms with Crippen LogP contribution < -0.4 is 5.32 Å². The molecular weight excluding hydrogens is 86.1 g/mol. The van der Waals surface area contributed by atoms with Crippen molar-refractivity contribution in [2.24, 2.45) is 0 Å². The summed E-state index contributed by atoms with van der Waals surface area (Å²) in [6, 6.07) is 0.736. The Bertz CT molecular complexity index is 46.1. The minimum absolute atomic E-state index is 0.736. The minimum Gasteiger partial charge on any atom is -0.314 e. The minimum atomic E-state index is 0.736. The molecule has 1 aliphatic rings. The zero-order valence-corrected chi connectivity index (χ0v) is 4.61. The van der Waals surface area contributed by atoms with Crippen molar-refractivity contribution in [3.63, 3.8) is 0 Å². The molecule has 1 fully saturated rings. The summed E-state index contributed by atoms with van der Waals surface area (Å²) >= 11 is 0. The van der Waals surface area contributed by atoms with Gasteiger partial charge in [0.15, 0.2) is 0 Å². The maximum absolute atomic E-state index is 3.81. The molecular formula is C6H12N. The number of rotatable bonds is 1. The van der Waals surface area contributed by atoms with Gasteiger partial charge in [-0.25, -0.2) is 0 Å². The Morgan fingerprint density at radius 1 is 1.71 bits per heavy atom. The van der Waals surface area contributed by atoms with Crippen LogP contribution in [0.3, 0.4) is 0 Å². The normalized spacial score (nSPS) is 31.3. The van der Waals surface area contributed by atoms with E-state index >= 15 is 0 Å². The molecule has 0 saturated carbocycles. The second kappa shape index (κ2) is 2.31. The largest absolute Gasteiger partial charge is 0.314 e. The molecule has 0 aromatic rings. The van der Waals surface area contributed by atoms with Crippen LogP contribution in [0.4, 0.5) is 0 Å². The molecule has 0 amide bonds. The summed E-state index contributed by atoms with van der Waals surface area (Å²) in [5, 5.41) is 3.34. The van der Waals surface area contributed by atoms with Gasteiger partial charge in [0.25, 0.3) is 0 Å². The highest BCUT2D eigenvalue weighted by molar-refractivity contribution is 4.73. The lowest BCUT2D eigenvalue weighted by atomic mass is 10.2. The van der Waals surface area contributed by atoms with Crippen LogP contribution in [0.15, 0.2) is 0 Å². The summed E-state index contributed by atoms with van der Waals surface area (Å²) in [7, 11) is 0. The maximum Gasteiger partial charge on any atom is 0.00675 e. The van der Waals surface area contributed by atoms with E-state index in [1.165, 1.54) is 19.4 Å². The third-order valence-electron chi connectivity index (χ3n) is 1.51. The van der Waals surface area contributed by atoms with Crippen molar-refractivity contribution in [2.75, 3.05) is 6.54 Å². The molecule has 0 aromatic heterocycles. The highest BCUT2D eigenvalue weighted by Crippen LogP contribution is 2.06. The lowest BCUT2D eigenvalue weighted by Gasteiger charge is -2.02. The Morgan fingerprint density at radius 2 is 2.57 bits per heavy atom. The van der Waals surface area contributed by atoms with Crippen LogP contribution in [0, 0.1) is 6.92 Å². The van der Waals surface area contributed by atoms with Gasteiger partial charge in [0.05, 0.1) is 0 Å². The smallest absolute Gasteiger partial charge is 0.00675 e. The first kappa shape index (κ1) is 5.10. The van der Waals surface area contributed by atoms with Crippen molar-refractivity contribution >= 4 is 0 Å². The number of hydrogen-bond donors (Lipinski definition) is 1. The molecule has 1 aliphatic heterocycles. The van der Waals surface area contributed by atoms with Crippen LogP contribution in [-0.4, -0.2) is 12.6 Å². The molecule has 1 saturated heterocycles. The van der Waals surface area contributed by atoms with Crippen LogP contribution in [0.1, 0.15) is 19.3 Å². The average molecular weight is 98.2 g/mol. The standard InChI is InChI=1S/C6H12N/c1-2-6-4-3-5-7-6/h6-7H,1-5H2. The molecule has 1 heteroatoms. The summed E-state index contributed by atoms with van der Waals surface area (Å²) < 4.78 is 0. The van der Waals surface area contributed by atoms with Crippen molar-refractivity contribution in [1.29, 1.82) is 0 Å². The van der Waals surface area contributed by atoms with E-state index in [4.69, 9.17) is 0 Å². The molecule has 0 aliphatic carbocycles. The Labute approximate surface area is 45.1 Å². The van der Waals surface area contributed by atoms with Crippen LogP contribution in [0.5, 0.6) is 0 Å². The van der Waals surface area contributed by atoms with Crippen LogP contribution in [-0.2, 0) is 0 Å². The van der Waals surface area contributed by atoms with Gasteiger partial charge in [0.2, 0.25) is 0 Å². The van der Waals surface area contributed by atoms with E-state index in [9.17, 15) is 0 Å². The van der Waals surface area contributed by atoms with E-state index < -0.39 is 0 Å². The van der Waals surface area contributed by atoms with Crippen molar-refractivity contribution in [1.82, 2.24) is 5.32 Å². The summed E-state index contributed by atoms with van der Waals surface area (Å²) in [5.74, 6) is 0. The van der Waals surface area contributed by atoms with Gasteiger partial charge < -0.3 is 5.32 Å². The average Bonchev–Trinajstić information content (AvgIpc) is 2.14. The van der Waals surface area contributed by atoms with E-state index in [0.29, 0.717) is 0 Å². The monoisotopic (exact) mass is 98.1 g/mol. The third kappa shape index (κ3) is 1.16. The molecule has 1 rings (SSSR count). The molecule has 1 nitrogen and oxygen atoms in total. The highest BCUT2D eigenvalue weighted by Gasteiger charge is 2.09. The Morgan fingerprint density at radius 3 is 2.86 bits per heavy atom. The van der Waals surface area contributed by atoms with Crippen LogP contribution >= 0.6 is 0 Å². The van der Waals surface area contributed by atoms with E-state index in [0.717, 1.165) is 12.5 Å². The third-order valence-corrected chi connectivity index (χ3v) is 1.51. The summed E-state index contributed by atoms with van der Waals surface area (Å²) in [5.41, 5.74) is 0. The predicted molar refractivity (Wildman–Crippen MR) is 31.0 cm³/mol. The predicted octanol–water partition coefficient (Wildman–Crippen LogP) is 0.963. The first-order chi connectivity index (χ1) is 3.43. The van der Waals surface area contributed by atoms with Crippen molar-refractivity contribution in [3.8, 4) is 0 Å². The van der Waals surface area contributed by atoms with Gasteiger partial charge >= 0.3 is 0 Å². The van der Waals surface area contributed by atoms with Crippen molar-refractivity contribution in [2.45, 2.75) is 25.3 Å². The maximum atomic E-state index is 3.81.